The van der Waals surface area contributed by atoms with Gasteiger partial charge in [0.25, 0.3) is 5.56 Å². The molecule has 9 heteroatoms. The first kappa shape index (κ1) is 22.2. The number of halogens is 3. The number of aliphatic hydroxyl groups excluding tert-OH is 1. The van der Waals surface area contributed by atoms with Crippen LogP contribution in [0.1, 0.15) is 16.8 Å². The molecule has 0 bridgehead atoms. The number of carbonyl (C=O) groups is 1. The Morgan fingerprint density at radius 3 is 2.39 bits per heavy atom. The molecule has 162 valence electrons. The smallest absolute Gasteiger partial charge is 0.396 e. The Morgan fingerprint density at radius 2 is 1.74 bits per heavy atom. The molecule has 1 aromatic heterocycles. The first-order chi connectivity index (χ1) is 14.7. The van der Waals surface area contributed by atoms with Gasteiger partial charge in [-0.15, -0.1) is 0 Å². The number of benzene rings is 2. The van der Waals surface area contributed by atoms with E-state index in [-0.39, 0.29) is 24.4 Å². The molecule has 0 saturated heterocycles. The maximum Gasteiger partial charge on any atom is 0.418 e. The number of rotatable bonds is 6. The summed E-state index contributed by atoms with van der Waals surface area (Å²) < 4.78 is 40.8. The second-order valence-corrected chi connectivity index (χ2v) is 6.82. The zero-order valence-corrected chi connectivity index (χ0v) is 16.6. The van der Waals surface area contributed by atoms with Crippen molar-refractivity contribution in [2.24, 2.45) is 0 Å². The van der Waals surface area contributed by atoms with Crippen molar-refractivity contribution >= 4 is 11.6 Å². The highest BCUT2D eigenvalue weighted by Gasteiger charge is 2.33. The lowest BCUT2D eigenvalue weighted by Crippen LogP contribution is -2.33. The summed E-state index contributed by atoms with van der Waals surface area (Å²) in [5, 5.41) is 11.5. The molecule has 2 N–H and O–H groups in total. The maximum atomic E-state index is 13.2. The summed E-state index contributed by atoms with van der Waals surface area (Å²) in [6, 6.07) is 13.3. The van der Waals surface area contributed by atoms with E-state index in [0.717, 1.165) is 16.7 Å². The number of nitrogens with zero attached hydrogens (tertiary/aromatic N) is 2. The highest BCUT2D eigenvalue weighted by atomic mass is 19.4. The SMILES string of the molecule is Cc1nc(-c2ccccc2)n(CC(=O)Nc2ccccc2C(F)(F)F)c(=O)c1CCO. The fourth-order valence-electron chi connectivity index (χ4n) is 3.23. The van der Waals surface area contributed by atoms with Crippen LogP contribution in [0.15, 0.2) is 59.4 Å². The number of nitrogens with one attached hydrogen (secondary N) is 1. The number of amides is 1. The van der Waals surface area contributed by atoms with Gasteiger partial charge < -0.3 is 10.4 Å². The van der Waals surface area contributed by atoms with Gasteiger partial charge in [0, 0.05) is 29.8 Å². The molecule has 6 nitrogen and oxygen atoms in total. The summed E-state index contributed by atoms with van der Waals surface area (Å²) in [5.74, 6) is -0.597. The predicted molar refractivity (Wildman–Crippen MR) is 110 cm³/mol. The van der Waals surface area contributed by atoms with Crippen LogP contribution in [-0.2, 0) is 23.9 Å². The number of hydrogen-bond acceptors (Lipinski definition) is 4. The number of hydrogen-bond donors (Lipinski definition) is 2. The number of para-hydroxylation sites is 1. The van der Waals surface area contributed by atoms with Crippen LogP contribution in [0.25, 0.3) is 11.4 Å². The molecule has 0 fully saturated rings. The lowest BCUT2D eigenvalue weighted by molar-refractivity contribution is -0.137. The summed E-state index contributed by atoms with van der Waals surface area (Å²) >= 11 is 0. The van der Waals surface area contributed by atoms with E-state index in [2.05, 4.69) is 10.3 Å². The second kappa shape index (κ2) is 9.13. The molecule has 2 aromatic carbocycles. The van der Waals surface area contributed by atoms with Gasteiger partial charge in [-0.05, 0) is 19.1 Å². The number of alkyl halides is 3. The fourth-order valence-corrected chi connectivity index (χ4v) is 3.23. The molecule has 1 heterocycles. The van der Waals surface area contributed by atoms with Crippen molar-refractivity contribution in [3.63, 3.8) is 0 Å². The average molecular weight is 431 g/mol. The van der Waals surface area contributed by atoms with Crippen LogP contribution < -0.4 is 10.9 Å². The molecule has 0 aliphatic rings. The largest absolute Gasteiger partial charge is 0.418 e. The lowest BCUT2D eigenvalue weighted by Gasteiger charge is -2.17. The van der Waals surface area contributed by atoms with Crippen molar-refractivity contribution in [2.45, 2.75) is 26.1 Å². The molecule has 0 radical (unpaired) electrons. The van der Waals surface area contributed by atoms with Crippen LogP contribution in [0.2, 0.25) is 0 Å². The molecule has 1 amide bonds. The van der Waals surface area contributed by atoms with Crippen molar-refractivity contribution in [3.05, 3.63) is 81.8 Å². The Morgan fingerprint density at radius 1 is 1.10 bits per heavy atom. The molecular weight excluding hydrogens is 411 g/mol. The van der Waals surface area contributed by atoms with E-state index in [1.54, 1.807) is 37.3 Å². The van der Waals surface area contributed by atoms with E-state index in [9.17, 15) is 27.9 Å². The standard InChI is InChI=1S/C22H20F3N3O3/c1-14-16(11-12-29)21(31)28(20(26-14)15-7-3-2-4-8-15)13-19(30)27-18-10-6-5-9-17(18)22(23,24)25/h2-10,29H,11-13H2,1H3,(H,27,30). The van der Waals surface area contributed by atoms with Gasteiger partial charge in [0.05, 0.1) is 11.3 Å². The summed E-state index contributed by atoms with van der Waals surface area (Å²) in [5.41, 5.74) is -0.684. The fraction of sp³-hybridized carbons (Fsp3) is 0.227. The number of aryl methyl sites for hydroxylation is 1. The molecule has 0 aliphatic carbocycles. The number of aromatic nitrogens is 2. The van der Waals surface area contributed by atoms with Gasteiger partial charge in [-0.25, -0.2) is 4.98 Å². The zero-order chi connectivity index (χ0) is 22.6. The van der Waals surface area contributed by atoms with Gasteiger partial charge in [0.15, 0.2) is 0 Å². The van der Waals surface area contributed by atoms with E-state index in [0.29, 0.717) is 11.3 Å². The minimum absolute atomic E-state index is 0.0469. The second-order valence-electron chi connectivity index (χ2n) is 6.82. The summed E-state index contributed by atoms with van der Waals surface area (Å²) in [4.78, 5) is 30.1. The van der Waals surface area contributed by atoms with Gasteiger partial charge in [-0.1, -0.05) is 42.5 Å². The van der Waals surface area contributed by atoms with E-state index >= 15 is 0 Å². The van der Waals surface area contributed by atoms with Crippen LogP contribution in [0.5, 0.6) is 0 Å². The molecule has 0 unspecified atom stereocenters. The Kier molecular flexibility index (Phi) is 6.55. The Labute approximate surface area is 176 Å². The molecule has 3 rings (SSSR count). The Balaban J connectivity index is 2.02. The Bertz CT molecular complexity index is 1140. The third kappa shape index (κ3) is 5.00. The van der Waals surface area contributed by atoms with Crippen LogP contribution >= 0.6 is 0 Å². The number of anilines is 1. The first-order valence-electron chi connectivity index (χ1n) is 9.45. The van der Waals surface area contributed by atoms with Crippen molar-refractivity contribution in [1.29, 1.82) is 0 Å². The minimum atomic E-state index is -4.64. The highest BCUT2D eigenvalue weighted by Crippen LogP contribution is 2.34. The van der Waals surface area contributed by atoms with Gasteiger partial charge in [-0.2, -0.15) is 13.2 Å². The van der Waals surface area contributed by atoms with E-state index in [1.807, 2.05) is 0 Å². The van der Waals surface area contributed by atoms with E-state index in [1.165, 1.54) is 12.1 Å². The highest BCUT2D eigenvalue weighted by molar-refractivity contribution is 5.91. The predicted octanol–water partition coefficient (Wildman–Crippen LogP) is 3.41. The van der Waals surface area contributed by atoms with Gasteiger partial charge in [0.2, 0.25) is 5.91 Å². The van der Waals surface area contributed by atoms with Crippen molar-refractivity contribution in [1.82, 2.24) is 9.55 Å². The molecular formula is C22H20F3N3O3. The van der Waals surface area contributed by atoms with Crippen LogP contribution in [0, 0.1) is 6.92 Å². The molecule has 0 saturated carbocycles. The van der Waals surface area contributed by atoms with Gasteiger partial charge >= 0.3 is 6.18 Å². The van der Waals surface area contributed by atoms with E-state index < -0.39 is 35.4 Å². The summed E-state index contributed by atoms with van der Waals surface area (Å²) in [6.45, 7) is 0.803. The zero-order valence-electron chi connectivity index (χ0n) is 16.6. The van der Waals surface area contributed by atoms with Crippen LogP contribution in [0.3, 0.4) is 0 Å². The number of carbonyl (C=O) groups excluding carboxylic acids is 1. The molecule has 0 atom stereocenters. The molecule has 3 aromatic rings. The summed E-state index contributed by atoms with van der Waals surface area (Å²) in [7, 11) is 0. The van der Waals surface area contributed by atoms with Crippen molar-refractivity contribution in [3.8, 4) is 11.4 Å². The third-order valence-electron chi connectivity index (χ3n) is 4.67. The molecule has 31 heavy (non-hydrogen) atoms. The minimum Gasteiger partial charge on any atom is -0.396 e. The lowest BCUT2D eigenvalue weighted by atomic mass is 10.1. The van der Waals surface area contributed by atoms with Crippen molar-refractivity contribution < 1.29 is 23.1 Å². The van der Waals surface area contributed by atoms with Crippen LogP contribution in [0.4, 0.5) is 18.9 Å². The first-order valence-corrected chi connectivity index (χ1v) is 9.45. The number of aliphatic hydroxyl groups is 1. The maximum absolute atomic E-state index is 13.2. The van der Waals surface area contributed by atoms with Gasteiger partial charge in [0.1, 0.15) is 12.4 Å². The van der Waals surface area contributed by atoms with E-state index in [4.69, 9.17) is 0 Å². The monoisotopic (exact) mass is 431 g/mol. The average Bonchev–Trinajstić information content (AvgIpc) is 2.73. The Hall–Kier alpha value is -3.46. The summed E-state index contributed by atoms with van der Waals surface area (Å²) in [6.07, 6.45) is -4.60. The van der Waals surface area contributed by atoms with Crippen molar-refractivity contribution in [2.75, 3.05) is 11.9 Å². The third-order valence-corrected chi connectivity index (χ3v) is 4.67. The molecule has 0 aliphatic heterocycles. The normalized spacial score (nSPS) is 11.4. The quantitative estimate of drug-likeness (QED) is 0.627. The van der Waals surface area contributed by atoms with Crippen LogP contribution in [-0.4, -0.2) is 27.2 Å². The van der Waals surface area contributed by atoms with Gasteiger partial charge in [-0.3, -0.25) is 14.2 Å². The topological polar surface area (TPSA) is 84.2 Å². The molecule has 0 spiro atoms.